The van der Waals surface area contributed by atoms with Gasteiger partial charge in [0.05, 0.1) is 19.8 Å². The maximum atomic E-state index is 12.4. The zero-order valence-corrected chi connectivity index (χ0v) is 11.1. The van der Waals surface area contributed by atoms with E-state index < -0.39 is 0 Å². The summed E-state index contributed by atoms with van der Waals surface area (Å²) in [5.41, 5.74) is 0.644. The third-order valence-electron chi connectivity index (χ3n) is 2.51. The first kappa shape index (κ1) is 13.3. The first-order chi connectivity index (χ1) is 9.17. The number of hydrogen-bond donors (Lipinski definition) is 0. The highest BCUT2D eigenvalue weighted by Crippen LogP contribution is 2.25. The van der Waals surface area contributed by atoms with Gasteiger partial charge in [-0.1, -0.05) is 12.1 Å². The van der Waals surface area contributed by atoms with Crippen molar-refractivity contribution in [2.45, 2.75) is 0 Å². The molecule has 2 aromatic rings. The number of rotatable bonds is 4. The van der Waals surface area contributed by atoms with Crippen molar-refractivity contribution in [3.05, 3.63) is 46.9 Å². The summed E-state index contributed by atoms with van der Waals surface area (Å²) in [5, 5.41) is 0.0217. The Morgan fingerprint density at radius 1 is 1.16 bits per heavy atom. The van der Waals surface area contributed by atoms with Gasteiger partial charge in [-0.15, -0.1) is 0 Å². The number of carbonyl (C=O) groups excluding carboxylic acids is 1. The van der Waals surface area contributed by atoms with Crippen LogP contribution in [0.4, 0.5) is 0 Å². The molecule has 1 aromatic carbocycles. The molecular formula is C13H11ClN2O3. The average Bonchev–Trinajstić information content (AvgIpc) is 2.46. The van der Waals surface area contributed by atoms with Gasteiger partial charge in [0.25, 0.3) is 0 Å². The lowest BCUT2D eigenvalue weighted by molar-refractivity contribution is 0.103. The molecule has 0 saturated heterocycles. The van der Waals surface area contributed by atoms with Gasteiger partial charge in [0, 0.05) is 6.20 Å². The molecule has 0 aliphatic rings. The van der Waals surface area contributed by atoms with Crippen molar-refractivity contribution in [2.24, 2.45) is 0 Å². The summed E-state index contributed by atoms with van der Waals surface area (Å²) in [5.74, 6) is 0.325. The van der Waals surface area contributed by atoms with Crippen LogP contribution in [0.5, 0.6) is 11.6 Å². The molecule has 0 amide bonds. The van der Waals surface area contributed by atoms with E-state index in [1.54, 1.807) is 24.3 Å². The second-order valence-corrected chi connectivity index (χ2v) is 3.93. The summed E-state index contributed by atoms with van der Waals surface area (Å²) in [4.78, 5) is 20.1. The van der Waals surface area contributed by atoms with Crippen molar-refractivity contribution in [3.8, 4) is 11.6 Å². The van der Waals surface area contributed by atoms with Crippen LogP contribution in [0.2, 0.25) is 5.28 Å². The first-order valence-electron chi connectivity index (χ1n) is 5.41. The minimum Gasteiger partial charge on any atom is -0.496 e. The van der Waals surface area contributed by atoms with Gasteiger partial charge < -0.3 is 9.47 Å². The molecule has 98 valence electrons. The molecule has 0 unspecified atom stereocenters. The van der Waals surface area contributed by atoms with Crippen molar-refractivity contribution in [1.82, 2.24) is 9.97 Å². The van der Waals surface area contributed by atoms with Gasteiger partial charge in [0.15, 0.2) is 0 Å². The van der Waals surface area contributed by atoms with E-state index in [1.807, 2.05) is 0 Å². The Bertz CT molecular complexity index is 617. The summed E-state index contributed by atoms with van der Waals surface area (Å²) in [7, 11) is 2.92. The van der Waals surface area contributed by atoms with E-state index in [0.29, 0.717) is 11.3 Å². The Hall–Kier alpha value is -2.14. The van der Waals surface area contributed by atoms with Crippen LogP contribution in [0.15, 0.2) is 30.5 Å². The first-order valence-corrected chi connectivity index (χ1v) is 5.79. The zero-order chi connectivity index (χ0) is 13.8. The van der Waals surface area contributed by atoms with Crippen molar-refractivity contribution in [1.29, 1.82) is 0 Å². The lowest BCUT2D eigenvalue weighted by Crippen LogP contribution is -2.08. The molecule has 0 spiro atoms. The predicted molar refractivity (Wildman–Crippen MR) is 70.0 cm³/mol. The molecule has 0 radical (unpaired) electrons. The number of benzene rings is 1. The normalized spacial score (nSPS) is 10.1. The Morgan fingerprint density at radius 3 is 2.58 bits per heavy atom. The number of halogens is 1. The molecule has 6 heteroatoms. The molecule has 0 aliphatic carbocycles. The fraction of sp³-hybridized carbons (Fsp3) is 0.154. The van der Waals surface area contributed by atoms with Gasteiger partial charge in [-0.25, -0.2) is 4.98 Å². The molecule has 1 heterocycles. The molecule has 19 heavy (non-hydrogen) atoms. The monoisotopic (exact) mass is 278 g/mol. The number of nitrogens with zero attached hydrogens (tertiary/aromatic N) is 2. The molecule has 1 aromatic heterocycles. The van der Waals surface area contributed by atoms with Crippen LogP contribution in [-0.2, 0) is 0 Å². The van der Waals surface area contributed by atoms with E-state index in [-0.39, 0.29) is 22.5 Å². The largest absolute Gasteiger partial charge is 0.496 e. The number of aromatic nitrogens is 2. The molecule has 0 bridgehead atoms. The fourth-order valence-electron chi connectivity index (χ4n) is 1.63. The summed E-state index contributed by atoms with van der Waals surface area (Å²) in [6.45, 7) is 0. The highest BCUT2D eigenvalue weighted by Gasteiger charge is 2.19. The minimum atomic E-state index is -0.286. The lowest BCUT2D eigenvalue weighted by Gasteiger charge is -2.09. The van der Waals surface area contributed by atoms with E-state index in [1.165, 1.54) is 20.4 Å². The predicted octanol–water partition coefficient (Wildman–Crippen LogP) is 2.38. The van der Waals surface area contributed by atoms with E-state index in [9.17, 15) is 4.79 Å². The average molecular weight is 279 g/mol. The van der Waals surface area contributed by atoms with Gasteiger partial charge >= 0.3 is 0 Å². The Labute approximate surface area is 115 Å². The number of ether oxygens (including phenoxy) is 2. The Balaban J connectivity index is 2.50. The summed E-state index contributed by atoms with van der Waals surface area (Å²) >= 11 is 5.67. The molecular weight excluding hydrogens is 268 g/mol. The summed E-state index contributed by atoms with van der Waals surface area (Å²) in [6.07, 6.45) is 1.34. The molecule has 2 rings (SSSR count). The standard InChI is InChI=1S/C13H11ClN2O3/c1-18-10-6-4-3-5-8(10)11(17)9-7-15-13(14)16-12(9)19-2/h3-7H,1-2H3. The Morgan fingerprint density at radius 2 is 1.89 bits per heavy atom. The summed E-state index contributed by atoms with van der Waals surface area (Å²) in [6, 6.07) is 6.90. The van der Waals surface area contributed by atoms with Crippen molar-refractivity contribution in [2.75, 3.05) is 14.2 Å². The van der Waals surface area contributed by atoms with Crippen LogP contribution in [0.1, 0.15) is 15.9 Å². The number of methoxy groups -OCH3 is 2. The second kappa shape index (κ2) is 5.67. The fourth-order valence-corrected chi connectivity index (χ4v) is 1.76. The highest BCUT2D eigenvalue weighted by atomic mass is 35.5. The van der Waals surface area contributed by atoms with Gasteiger partial charge in [-0.05, 0) is 23.7 Å². The van der Waals surface area contributed by atoms with Crippen molar-refractivity contribution in [3.63, 3.8) is 0 Å². The molecule has 0 aliphatic heterocycles. The van der Waals surface area contributed by atoms with Gasteiger partial charge in [0.2, 0.25) is 16.9 Å². The van der Waals surface area contributed by atoms with Crippen molar-refractivity contribution >= 4 is 17.4 Å². The van der Waals surface area contributed by atoms with E-state index in [2.05, 4.69) is 9.97 Å². The summed E-state index contributed by atoms with van der Waals surface area (Å²) < 4.78 is 10.2. The molecule has 0 fully saturated rings. The topological polar surface area (TPSA) is 61.3 Å². The molecule has 0 N–H and O–H groups in total. The van der Waals surface area contributed by atoms with E-state index in [0.717, 1.165) is 0 Å². The number of hydrogen-bond acceptors (Lipinski definition) is 5. The maximum Gasteiger partial charge on any atom is 0.228 e. The molecule has 0 atom stereocenters. The maximum absolute atomic E-state index is 12.4. The van der Waals surface area contributed by atoms with Crippen LogP contribution in [0, 0.1) is 0 Å². The van der Waals surface area contributed by atoms with E-state index >= 15 is 0 Å². The van der Waals surface area contributed by atoms with Crippen molar-refractivity contribution < 1.29 is 14.3 Å². The SMILES string of the molecule is COc1ccccc1C(=O)c1cnc(Cl)nc1OC. The number of ketones is 1. The lowest BCUT2D eigenvalue weighted by atomic mass is 10.0. The molecule has 0 saturated carbocycles. The van der Waals surface area contributed by atoms with Crippen LogP contribution in [-0.4, -0.2) is 30.0 Å². The second-order valence-electron chi connectivity index (χ2n) is 3.59. The Kier molecular flexibility index (Phi) is 3.97. The van der Waals surface area contributed by atoms with Crippen LogP contribution in [0.3, 0.4) is 0 Å². The number of para-hydroxylation sites is 1. The third kappa shape index (κ3) is 2.66. The van der Waals surface area contributed by atoms with E-state index in [4.69, 9.17) is 21.1 Å². The zero-order valence-electron chi connectivity index (χ0n) is 10.4. The van der Waals surface area contributed by atoms with Crippen LogP contribution < -0.4 is 9.47 Å². The van der Waals surface area contributed by atoms with Gasteiger partial charge in [-0.3, -0.25) is 4.79 Å². The minimum absolute atomic E-state index is 0.0217. The molecule has 5 nitrogen and oxygen atoms in total. The van der Waals surface area contributed by atoms with Gasteiger partial charge in [-0.2, -0.15) is 4.98 Å². The van der Waals surface area contributed by atoms with Crippen LogP contribution in [0.25, 0.3) is 0 Å². The van der Waals surface area contributed by atoms with Crippen LogP contribution >= 0.6 is 11.6 Å². The third-order valence-corrected chi connectivity index (χ3v) is 2.70. The quantitative estimate of drug-likeness (QED) is 0.635. The number of carbonyl (C=O) groups is 1. The van der Waals surface area contributed by atoms with Gasteiger partial charge in [0.1, 0.15) is 11.3 Å². The smallest absolute Gasteiger partial charge is 0.228 e. The highest BCUT2D eigenvalue weighted by molar-refractivity contribution is 6.28.